The van der Waals surface area contributed by atoms with E-state index in [-0.39, 0.29) is 11.3 Å². The molecule has 1 saturated carbocycles. The lowest BCUT2D eigenvalue weighted by Gasteiger charge is -2.61. The minimum absolute atomic E-state index is 0.159. The molecule has 1 aliphatic carbocycles. The summed E-state index contributed by atoms with van der Waals surface area (Å²) in [6, 6.07) is 0. The predicted molar refractivity (Wildman–Crippen MR) is 67.2 cm³/mol. The molecule has 2 aliphatic rings. The van der Waals surface area contributed by atoms with Crippen LogP contribution in [0.3, 0.4) is 0 Å². The average molecular weight is 229 g/mol. The van der Waals surface area contributed by atoms with Crippen LogP contribution in [0.4, 0.5) is 0 Å². The Morgan fingerprint density at radius 1 is 1.12 bits per heavy atom. The molecule has 0 radical (unpaired) electrons. The first-order chi connectivity index (χ1) is 7.43. The number of rotatable bonds is 0. The van der Waals surface area contributed by atoms with Crippen molar-refractivity contribution in [2.24, 2.45) is 5.41 Å². The summed E-state index contributed by atoms with van der Waals surface area (Å²) in [6.45, 7) is 13.2. The molecule has 96 valence electrons. The first kappa shape index (κ1) is 15.4. The van der Waals surface area contributed by atoms with Gasteiger partial charge in [-0.2, -0.15) is 0 Å². The Kier molecular flexibility index (Phi) is 5.47. The number of nitrogens with zero attached hydrogens (tertiary/aromatic N) is 1. The first-order valence-electron chi connectivity index (χ1n) is 6.41. The molecular formula is C13H27NO2. The molecule has 1 N–H and O–H groups in total. The Morgan fingerprint density at radius 2 is 1.50 bits per heavy atom. The van der Waals surface area contributed by atoms with Gasteiger partial charge in [-0.15, -0.1) is 0 Å². The van der Waals surface area contributed by atoms with Crippen LogP contribution in [0.25, 0.3) is 0 Å². The van der Waals surface area contributed by atoms with E-state index in [0.717, 1.165) is 25.9 Å². The van der Waals surface area contributed by atoms with Crippen LogP contribution in [0.15, 0.2) is 0 Å². The molecule has 3 nitrogen and oxygen atoms in total. The summed E-state index contributed by atoms with van der Waals surface area (Å²) in [7, 11) is 0. The fraction of sp³-hybridized carbons (Fsp3) is 0.923. The van der Waals surface area contributed by atoms with Crippen molar-refractivity contribution in [1.29, 1.82) is 0 Å². The highest BCUT2D eigenvalue weighted by atomic mass is 16.3. The molecule has 0 aromatic rings. The van der Waals surface area contributed by atoms with Gasteiger partial charge in [0, 0.05) is 25.4 Å². The maximum absolute atomic E-state index is 10.9. The molecule has 16 heavy (non-hydrogen) atoms. The van der Waals surface area contributed by atoms with Crippen LogP contribution in [0.1, 0.15) is 54.4 Å². The summed E-state index contributed by atoms with van der Waals surface area (Å²) in [5.41, 5.74) is -0.169. The van der Waals surface area contributed by atoms with Crippen molar-refractivity contribution < 1.29 is 9.90 Å². The number of hydrogen-bond donors (Lipinski definition) is 1. The fourth-order valence-electron chi connectivity index (χ4n) is 2.77. The molecule has 2 rings (SSSR count). The molecule has 0 aromatic heterocycles. The van der Waals surface area contributed by atoms with Gasteiger partial charge in [0.1, 0.15) is 0 Å². The number of hydrogen-bond acceptors (Lipinski definition) is 2. The minimum atomic E-state index is -0.455. The van der Waals surface area contributed by atoms with Gasteiger partial charge in [-0.3, -0.25) is 4.79 Å². The van der Waals surface area contributed by atoms with Crippen molar-refractivity contribution in [3.63, 3.8) is 0 Å². The van der Waals surface area contributed by atoms with E-state index in [1.54, 1.807) is 6.92 Å². The third kappa shape index (κ3) is 3.21. The van der Waals surface area contributed by atoms with Gasteiger partial charge >= 0.3 is 0 Å². The van der Waals surface area contributed by atoms with Crippen molar-refractivity contribution in [3.05, 3.63) is 0 Å². The van der Waals surface area contributed by atoms with Gasteiger partial charge in [0.15, 0.2) is 0 Å². The molecular weight excluding hydrogens is 202 g/mol. The summed E-state index contributed by atoms with van der Waals surface area (Å²) in [5, 5.41) is 9.54. The topological polar surface area (TPSA) is 40.5 Å². The maximum atomic E-state index is 10.9. The van der Waals surface area contributed by atoms with E-state index >= 15 is 0 Å². The normalized spacial score (nSPS) is 22.8. The van der Waals surface area contributed by atoms with Crippen molar-refractivity contribution in [3.8, 4) is 0 Å². The minimum Gasteiger partial charge on any atom is -0.390 e. The monoisotopic (exact) mass is 229 g/mol. The van der Waals surface area contributed by atoms with E-state index in [2.05, 4.69) is 0 Å². The summed E-state index contributed by atoms with van der Waals surface area (Å²) in [5.74, 6) is 0.159. The third-order valence-electron chi connectivity index (χ3n) is 3.01. The summed E-state index contributed by atoms with van der Waals surface area (Å²) >= 11 is 0. The Labute approximate surface area is 99.8 Å². The van der Waals surface area contributed by atoms with Crippen molar-refractivity contribution >= 4 is 5.91 Å². The maximum Gasteiger partial charge on any atom is 0.219 e. The second-order valence-corrected chi connectivity index (χ2v) is 4.73. The second kappa shape index (κ2) is 5.67. The van der Waals surface area contributed by atoms with Crippen LogP contribution >= 0.6 is 0 Å². The van der Waals surface area contributed by atoms with Gasteiger partial charge in [0.05, 0.1) is 5.60 Å². The number of aliphatic hydroxyl groups is 1. The van der Waals surface area contributed by atoms with Crippen molar-refractivity contribution in [1.82, 2.24) is 4.90 Å². The van der Waals surface area contributed by atoms with E-state index in [9.17, 15) is 9.90 Å². The molecule has 1 amide bonds. The highest BCUT2D eigenvalue weighted by molar-refractivity contribution is 5.74. The van der Waals surface area contributed by atoms with Gasteiger partial charge in [0.2, 0.25) is 5.91 Å². The predicted octanol–water partition coefficient (Wildman–Crippen LogP) is 2.43. The average Bonchev–Trinajstić information content (AvgIpc) is 2.16. The molecule has 0 unspecified atom stereocenters. The van der Waals surface area contributed by atoms with Crippen LogP contribution in [-0.2, 0) is 4.79 Å². The van der Waals surface area contributed by atoms with E-state index in [1.807, 2.05) is 39.5 Å². The zero-order chi connectivity index (χ0) is 13.0. The van der Waals surface area contributed by atoms with Crippen LogP contribution in [-0.4, -0.2) is 34.6 Å². The van der Waals surface area contributed by atoms with Crippen LogP contribution in [0.5, 0.6) is 0 Å². The smallest absolute Gasteiger partial charge is 0.219 e. The largest absolute Gasteiger partial charge is 0.390 e. The molecule has 1 saturated heterocycles. The molecule has 0 aromatic carbocycles. The van der Waals surface area contributed by atoms with Crippen LogP contribution in [0.2, 0.25) is 0 Å². The number of carbonyl (C=O) groups excluding carboxylic acids is 1. The summed E-state index contributed by atoms with van der Waals surface area (Å²) in [4.78, 5) is 12.7. The number of carbonyl (C=O) groups is 1. The lowest BCUT2D eigenvalue weighted by molar-refractivity contribution is -0.187. The highest BCUT2D eigenvalue weighted by Crippen LogP contribution is 2.53. The SMILES string of the molecule is CC.CC.CC(=O)N1CC2(C1)CC(C)(O)C2. The molecule has 1 spiro atoms. The molecule has 2 fully saturated rings. The van der Waals surface area contributed by atoms with Gasteiger partial charge < -0.3 is 10.0 Å². The van der Waals surface area contributed by atoms with Crippen molar-refractivity contribution in [2.75, 3.05) is 13.1 Å². The van der Waals surface area contributed by atoms with Crippen LogP contribution in [0, 0.1) is 5.41 Å². The zero-order valence-electron chi connectivity index (χ0n) is 11.6. The quantitative estimate of drug-likeness (QED) is 0.693. The summed E-state index contributed by atoms with van der Waals surface area (Å²) < 4.78 is 0. The van der Waals surface area contributed by atoms with E-state index < -0.39 is 5.60 Å². The fourth-order valence-corrected chi connectivity index (χ4v) is 2.77. The Morgan fingerprint density at radius 3 is 1.75 bits per heavy atom. The van der Waals surface area contributed by atoms with E-state index in [0.29, 0.717) is 0 Å². The molecule has 1 aliphatic heterocycles. The van der Waals surface area contributed by atoms with Gasteiger partial charge in [-0.1, -0.05) is 27.7 Å². The third-order valence-corrected chi connectivity index (χ3v) is 3.01. The van der Waals surface area contributed by atoms with E-state index in [1.165, 1.54) is 0 Å². The standard InChI is InChI=1S/C9H15NO2.2C2H6/c1-7(11)10-5-9(6-10)3-8(2,12)4-9;2*1-2/h12H,3-6H2,1-2H3;2*1-2H3. The van der Waals surface area contributed by atoms with Crippen LogP contribution < -0.4 is 0 Å². The highest BCUT2D eigenvalue weighted by Gasteiger charge is 2.57. The molecule has 0 atom stereocenters. The van der Waals surface area contributed by atoms with Crippen molar-refractivity contribution in [2.45, 2.75) is 60.0 Å². The van der Waals surface area contributed by atoms with Gasteiger partial charge in [-0.05, 0) is 19.8 Å². The number of likely N-dealkylation sites (tertiary alicyclic amines) is 1. The molecule has 1 heterocycles. The first-order valence-corrected chi connectivity index (χ1v) is 6.41. The Hall–Kier alpha value is -0.570. The van der Waals surface area contributed by atoms with E-state index in [4.69, 9.17) is 0 Å². The zero-order valence-corrected chi connectivity index (χ0v) is 11.6. The summed E-state index contributed by atoms with van der Waals surface area (Å²) in [6.07, 6.45) is 1.73. The lowest BCUT2D eigenvalue weighted by Crippen LogP contribution is -2.67. The van der Waals surface area contributed by atoms with Gasteiger partial charge in [-0.25, -0.2) is 0 Å². The molecule has 0 bridgehead atoms. The Bertz CT molecular complexity index is 220. The van der Waals surface area contributed by atoms with Gasteiger partial charge in [0.25, 0.3) is 0 Å². The number of amides is 1. The molecule has 3 heteroatoms. The lowest BCUT2D eigenvalue weighted by atomic mass is 9.56. The Balaban J connectivity index is 0.000000509. The second-order valence-electron chi connectivity index (χ2n) is 4.73.